The van der Waals surface area contributed by atoms with Crippen molar-refractivity contribution in [2.24, 2.45) is 0 Å². The van der Waals surface area contributed by atoms with Crippen molar-refractivity contribution in [2.75, 3.05) is 6.61 Å². The third-order valence-electron chi connectivity index (χ3n) is 2.54. The second kappa shape index (κ2) is 3.65. The monoisotopic (exact) mass is 174 g/mol. The molecule has 2 rings (SSSR count). The molecule has 0 radical (unpaired) electrons. The number of hydrogen-bond donors (Lipinski definition) is 0. The Balaban J connectivity index is 2.24. The molecule has 1 aliphatic heterocycles. The van der Waals surface area contributed by atoms with Crippen LogP contribution in [0.3, 0.4) is 0 Å². The van der Waals surface area contributed by atoms with Crippen LogP contribution < -0.4 is 0 Å². The highest BCUT2D eigenvalue weighted by Crippen LogP contribution is 2.25. The van der Waals surface area contributed by atoms with E-state index in [0.29, 0.717) is 5.92 Å². The lowest BCUT2D eigenvalue weighted by atomic mass is 9.92. The number of ether oxygens (including phenoxy) is 1. The van der Waals surface area contributed by atoms with Crippen molar-refractivity contribution >= 4 is 0 Å². The molecule has 1 unspecified atom stereocenters. The Hall–Kier alpha value is -1.24. The second-order valence-corrected chi connectivity index (χ2v) is 3.49. The maximum Gasteiger partial charge on any atom is 0.0944 e. The SMILES string of the molecule is Cc1ccccc1C1CC=COC1. The van der Waals surface area contributed by atoms with Crippen molar-refractivity contribution in [1.29, 1.82) is 0 Å². The lowest BCUT2D eigenvalue weighted by Gasteiger charge is -2.20. The molecule has 0 saturated carbocycles. The van der Waals surface area contributed by atoms with Crippen LogP contribution in [0.15, 0.2) is 36.6 Å². The van der Waals surface area contributed by atoms with Gasteiger partial charge in [-0.15, -0.1) is 0 Å². The highest BCUT2D eigenvalue weighted by molar-refractivity contribution is 5.30. The first-order valence-corrected chi connectivity index (χ1v) is 4.70. The lowest BCUT2D eigenvalue weighted by Crippen LogP contribution is -2.09. The molecular weight excluding hydrogens is 160 g/mol. The third kappa shape index (κ3) is 1.74. The van der Waals surface area contributed by atoms with Crippen LogP contribution in [0.25, 0.3) is 0 Å². The molecule has 1 nitrogen and oxygen atoms in total. The van der Waals surface area contributed by atoms with Crippen LogP contribution in [0.4, 0.5) is 0 Å². The maximum atomic E-state index is 5.31. The molecule has 1 heterocycles. The molecule has 0 amide bonds. The number of hydrogen-bond acceptors (Lipinski definition) is 1. The Morgan fingerprint density at radius 3 is 2.85 bits per heavy atom. The van der Waals surface area contributed by atoms with E-state index in [1.54, 1.807) is 6.26 Å². The van der Waals surface area contributed by atoms with E-state index >= 15 is 0 Å². The summed E-state index contributed by atoms with van der Waals surface area (Å²) >= 11 is 0. The minimum Gasteiger partial charge on any atom is -0.501 e. The van der Waals surface area contributed by atoms with Crippen LogP contribution in [0.2, 0.25) is 0 Å². The van der Waals surface area contributed by atoms with Gasteiger partial charge in [0.2, 0.25) is 0 Å². The van der Waals surface area contributed by atoms with E-state index < -0.39 is 0 Å². The summed E-state index contributed by atoms with van der Waals surface area (Å²) in [4.78, 5) is 0. The minimum absolute atomic E-state index is 0.547. The molecule has 0 aromatic heterocycles. The summed E-state index contributed by atoms with van der Waals surface area (Å²) in [7, 11) is 0. The molecule has 0 spiro atoms. The number of rotatable bonds is 1. The van der Waals surface area contributed by atoms with Gasteiger partial charge in [-0.3, -0.25) is 0 Å². The van der Waals surface area contributed by atoms with Gasteiger partial charge in [-0.2, -0.15) is 0 Å². The zero-order valence-corrected chi connectivity index (χ0v) is 7.86. The zero-order chi connectivity index (χ0) is 9.10. The molecule has 1 aromatic carbocycles. The molecule has 0 fully saturated rings. The van der Waals surface area contributed by atoms with Crippen LogP contribution in [-0.4, -0.2) is 6.61 Å². The fourth-order valence-electron chi connectivity index (χ4n) is 1.79. The van der Waals surface area contributed by atoms with Gasteiger partial charge >= 0.3 is 0 Å². The summed E-state index contributed by atoms with van der Waals surface area (Å²) in [5, 5.41) is 0. The number of allylic oxidation sites excluding steroid dienone is 1. The van der Waals surface area contributed by atoms with Crippen molar-refractivity contribution < 1.29 is 4.74 Å². The molecule has 1 aromatic rings. The Morgan fingerprint density at radius 2 is 2.15 bits per heavy atom. The van der Waals surface area contributed by atoms with E-state index in [1.165, 1.54) is 11.1 Å². The maximum absolute atomic E-state index is 5.31. The zero-order valence-electron chi connectivity index (χ0n) is 7.86. The summed E-state index contributed by atoms with van der Waals surface area (Å²) in [6.45, 7) is 2.98. The Bertz CT molecular complexity index is 315. The topological polar surface area (TPSA) is 9.23 Å². The highest BCUT2D eigenvalue weighted by Gasteiger charge is 2.14. The van der Waals surface area contributed by atoms with E-state index in [9.17, 15) is 0 Å². The normalized spacial score (nSPS) is 21.2. The molecule has 13 heavy (non-hydrogen) atoms. The molecule has 0 N–H and O–H groups in total. The molecule has 0 saturated heterocycles. The van der Waals surface area contributed by atoms with E-state index in [-0.39, 0.29) is 0 Å². The number of benzene rings is 1. The minimum atomic E-state index is 0.547. The highest BCUT2D eigenvalue weighted by atomic mass is 16.5. The van der Waals surface area contributed by atoms with E-state index in [1.807, 2.05) is 0 Å². The van der Waals surface area contributed by atoms with Crippen molar-refractivity contribution in [2.45, 2.75) is 19.3 Å². The second-order valence-electron chi connectivity index (χ2n) is 3.49. The van der Waals surface area contributed by atoms with Gasteiger partial charge in [0, 0.05) is 5.92 Å². The van der Waals surface area contributed by atoms with Gasteiger partial charge in [0.25, 0.3) is 0 Å². The average molecular weight is 174 g/mol. The first-order chi connectivity index (χ1) is 6.38. The summed E-state index contributed by atoms with van der Waals surface area (Å²) in [5.41, 5.74) is 2.79. The predicted molar refractivity (Wildman–Crippen MR) is 53.6 cm³/mol. The molecular formula is C12H14O. The summed E-state index contributed by atoms with van der Waals surface area (Å²) in [5.74, 6) is 0.547. The Kier molecular flexibility index (Phi) is 2.35. The van der Waals surface area contributed by atoms with Crippen LogP contribution in [0.5, 0.6) is 0 Å². The van der Waals surface area contributed by atoms with E-state index in [4.69, 9.17) is 4.74 Å². The first-order valence-electron chi connectivity index (χ1n) is 4.70. The van der Waals surface area contributed by atoms with Gasteiger partial charge in [-0.05, 0) is 30.5 Å². The first kappa shape index (κ1) is 8.36. The Labute approximate surface area is 79.0 Å². The van der Waals surface area contributed by atoms with Gasteiger partial charge in [0.05, 0.1) is 12.9 Å². The van der Waals surface area contributed by atoms with Crippen LogP contribution in [0, 0.1) is 6.92 Å². The largest absolute Gasteiger partial charge is 0.501 e. The van der Waals surface area contributed by atoms with Crippen LogP contribution in [0.1, 0.15) is 23.5 Å². The Morgan fingerprint density at radius 1 is 1.31 bits per heavy atom. The van der Waals surface area contributed by atoms with E-state index in [2.05, 4.69) is 37.3 Å². The molecule has 1 aliphatic rings. The predicted octanol–water partition coefficient (Wildman–Crippen LogP) is 3.01. The van der Waals surface area contributed by atoms with Crippen LogP contribution in [-0.2, 0) is 4.74 Å². The average Bonchev–Trinajstić information content (AvgIpc) is 2.20. The van der Waals surface area contributed by atoms with Gasteiger partial charge in [0.15, 0.2) is 0 Å². The van der Waals surface area contributed by atoms with Gasteiger partial charge in [0.1, 0.15) is 0 Å². The van der Waals surface area contributed by atoms with Crippen molar-refractivity contribution in [3.63, 3.8) is 0 Å². The van der Waals surface area contributed by atoms with Gasteiger partial charge in [-0.25, -0.2) is 0 Å². The fourth-order valence-corrected chi connectivity index (χ4v) is 1.79. The lowest BCUT2D eigenvalue weighted by molar-refractivity contribution is 0.210. The van der Waals surface area contributed by atoms with Crippen LogP contribution >= 0.6 is 0 Å². The van der Waals surface area contributed by atoms with Gasteiger partial charge < -0.3 is 4.74 Å². The fraction of sp³-hybridized carbons (Fsp3) is 0.333. The smallest absolute Gasteiger partial charge is 0.0944 e. The summed E-state index contributed by atoms with van der Waals surface area (Å²) in [6, 6.07) is 8.54. The van der Waals surface area contributed by atoms with Crippen molar-refractivity contribution in [1.82, 2.24) is 0 Å². The molecule has 1 atom stereocenters. The quantitative estimate of drug-likeness (QED) is 0.636. The molecule has 1 heteroatoms. The van der Waals surface area contributed by atoms with E-state index in [0.717, 1.165) is 13.0 Å². The van der Waals surface area contributed by atoms with Crippen molar-refractivity contribution in [3.8, 4) is 0 Å². The molecule has 0 aliphatic carbocycles. The number of aryl methyl sites for hydroxylation is 1. The molecule has 68 valence electrons. The third-order valence-corrected chi connectivity index (χ3v) is 2.54. The van der Waals surface area contributed by atoms with Crippen molar-refractivity contribution in [3.05, 3.63) is 47.7 Å². The summed E-state index contributed by atoms with van der Waals surface area (Å²) < 4.78 is 5.31. The van der Waals surface area contributed by atoms with Gasteiger partial charge in [-0.1, -0.05) is 24.3 Å². The summed E-state index contributed by atoms with van der Waals surface area (Å²) in [6.07, 6.45) is 5.00. The molecule has 0 bridgehead atoms. The standard InChI is InChI=1S/C12H14O/c1-10-5-2-3-7-12(10)11-6-4-8-13-9-11/h2-5,7-8,11H,6,9H2,1H3.